The largest absolute Gasteiger partial charge is 0.444 e. The van der Waals surface area contributed by atoms with Crippen LogP contribution in [0.2, 0.25) is 0 Å². The fraction of sp³-hybridized carbons (Fsp3) is 0.941. The van der Waals surface area contributed by atoms with E-state index in [1.54, 1.807) is 0 Å². The maximum absolute atomic E-state index is 12.3. The van der Waals surface area contributed by atoms with E-state index in [4.69, 9.17) is 4.74 Å². The first-order chi connectivity index (χ1) is 10.4. The lowest BCUT2D eigenvalue weighted by atomic mass is 10.2. The molecule has 2 aliphatic heterocycles. The smallest absolute Gasteiger partial charge is 0.410 e. The van der Waals surface area contributed by atoms with Gasteiger partial charge in [0, 0.05) is 31.7 Å². The standard InChI is InChI=1S/C17H33N3O2/c1-5-19-10-6-8-14(19)12-18-13-15-9-7-11-20(15)16(21)22-17(2,3)4/h14-15,18H,5-13H2,1-4H3. The minimum atomic E-state index is -0.414. The first-order valence-corrected chi connectivity index (χ1v) is 8.85. The van der Waals surface area contributed by atoms with E-state index in [1.807, 2.05) is 25.7 Å². The molecule has 0 aromatic carbocycles. The van der Waals surface area contributed by atoms with E-state index in [1.165, 1.54) is 19.4 Å². The van der Waals surface area contributed by atoms with E-state index in [2.05, 4.69) is 17.1 Å². The third kappa shape index (κ3) is 4.85. The van der Waals surface area contributed by atoms with Crippen LogP contribution in [0.1, 0.15) is 53.4 Å². The van der Waals surface area contributed by atoms with E-state index in [0.29, 0.717) is 6.04 Å². The van der Waals surface area contributed by atoms with Crippen molar-refractivity contribution in [3.63, 3.8) is 0 Å². The van der Waals surface area contributed by atoms with Gasteiger partial charge in [-0.25, -0.2) is 4.79 Å². The summed E-state index contributed by atoms with van der Waals surface area (Å²) in [6.45, 7) is 13.1. The summed E-state index contributed by atoms with van der Waals surface area (Å²) in [7, 11) is 0. The Morgan fingerprint density at radius 3 is 2.45 bits per heavy atom. The molecule has 2 aliphatic rings. The van der Waals surface area contributed by atoms with Crippen molar-refractivity contribution in [2.24, 2.45) is 0 Å². The zero-order valence-electron chi connectivity index (χ0n) is 14.7. The maximum Gasteiger partial charge on any atom is 0.410 e. The van der Waals surface area contributed by atoms with Crippen molar-refractivity contribution < 1.29 is 9.53 Å². The number of nitrogens with one attached hydrogen (secondary N) is 1. The molecule has 5 nitrogen and oxygen atoms in total. The minimum Gasteiger partial charge on any atom is -0.444 e. The van der Waals surface area contributed by atoms with Crippen molar-refractivity contribution in [3.8, 4) is 0 Å². The van der Waals surface area contributed by atoms with Gasteiger partial charge >= 0.3 is 6.09 Å². The molecule has 0 saturated carbocycles. The van der Waals surface area contributed by atoms with Gasteiger partial charge in [0.15, 0.2) is 0 Å². The summed E-state index contributed by atoms with van der Waals surface area (Å²) >= 11 is 0. The fourth-order valence-electron chi connectivity index (χ4n) is 3.57. The first-order valence-electron chi connectivity index (χ1n) is 8.85. The monoisotopic (exact) mass is 311 g/mol. The summed E-state index contributed by atoms with van der Waals surface area (Å²) in [5.74, 6) is 0. The van der Waals surface area contributed by atoms with Gasteiger partial charge in [0.2, 0.25) is 0 Å². The quantitative estimate of drug-likeness (QED) is 0.847. The van der Waals surface area contributed by atoms with Gasteiger partial charge in [-0.05, 0) is 59.5 Å². The number of hydrogen-bond acceptors (Lipinski definition) is 4. The highest BCUT2D eigenvalue weighted by Crippen LogP contribution is 2.21. The van der Waals surface area contributed by atoms with Crippen molar-refractivity contribution in [1.29, 1.82) is 0 Å². The summed E-state index contributed by atoms with van der Waals surface area (Å²) in [6.07, 6.45) is 4.60. The molecule has 0 radical (unpaired) electrons. The topological polar surface area (TPSA) is 44.8 Å². The van der Waals surface area contributed by atoms with Crippen LogP contribution in [0, 0.1) is 0 Å². The van der Waals surface area contributed by atoms with Gasteiger partial charge in [0.1, 0.15) is 5.60 Å². The van der Waals surface area contributed by atoms with Gasteiger partial charge in [-0.1, -0.05) is 6.92 Å². The normalized spacial score (nSPS) is 26.6. The number of ether oxygens (including phenoxy) is 1. The van der Waals surface area contributed by atoms with Crippen LogP contribution in [0.15, 0.2) is 0 Å². The van der Waals surface area contributed by atoms with Crippen LogP contribution in [-0.2, 0) is 4.74 Å². The van der Waals surface area contributed by atoms with Crippen molar-refractivity contribution >= 4 is 6.09 Å². The third-order valence-electron chi connectivity index (χ3n) is 4.67. The molecule has 0 aromatic heterocycles. The number of nitrogens with zero attached hydrogens (tertiary/aromatic N) is 2. The molecule has 0 spiro atoms. The Hall–Kier alpha value is -0.810. The van der Waals surface area contributed by atoms with E-state index < -0.39 is 5.60 Å². The Labute approximate surface area is 135 Å². The van der Waals surface area contributed by atoms with Gasteiger partial charge in [-0.2, -0.15) is 0 Å². The van der Waals surface area contributed by atoms with E-state index in [0.717, 1.165) is 39.0 Å². The molecule has 0 aliphatic carbocycles. The molecule has 1 N–H and O–H groups in total. The molecule has 0 bridgehead atoms. The summed E-state index contributed by atoms with van der Waals surface area (Å²) in [6, 6.07) is 0.952. The van der Waals surface area contributed by atoms with Gasteiger partial charge in [-0.3, -0.25) is 4.90 Å². The van der Waals surface area contributed by atoms with Crippen molar-refractivity contribution in [3.05, 3.63) is 0 Å². The molecule has 128 valence electrons. The highest BCUT2D eigenvalue weighted by Gasteiger charge is 2.32. The van der Waals surface area contributed by atoms with Gasteiger partial charge in [0.05, 0.1) is 0 Å². The van der Waals surface area contributed by atoms with Crippen LogP contribution >= 0.6 is 0 Å². The third-order valence-corrected chi connectivity index (χ3v) is 4.67. The molecule has 0 aromatic rings. The molecule has 2 atom stereocenters. The minimum absolute atomic E-state index is 0.159. The molecular weight excluding hydrogens is 278 g/mol. The Bertz CT molecular complexity index is 367. The second-order valence-corrected chi connectivity index (χ2v) is 7.55. The number of amides is 1. The van der Waals surface area contributed by atoms with Crippen LogP contribution in [0.25, 0.3) is 0 Å². The second-order valence-electron chi connectivity index (χ2n) is 7.55. The average molecular weight is 311 g/mol. The molecule has 1 amide bonds. The average Bonchev–Trinajstić information content (AvgIpc) is 3.05. The Morgan fingerprint density at radius 1 is 1.14 bits per heavy atom. The summed E-state index contributed by atoms with van der Waals surface area (Å²) < 4.78 is 5.52. The van der Waals surface area contributed by atoms with Crippen molar-refractivity contribution in [1.82, 2.24) is 15.1 Å². The molecular formula is C17H33N3O2. The molecule has 22 heavy (non-hydrogen) atoms. The Morgan fingerprint density at radius 2 is 1.77 bits per heavy atom. The van der Waals surface area contributed by atoms with E-state index in [9.17, 15) is 4.79 Å². The second kappa shape index (κ2) is 7.64. The lowest BCUT2D eigenvalue weighted by Crippen LogP contribution is -2.46. The lowest BCUT2D eigenvalue weighted by Gasteiger charge is -2.29. The molecule has 2 unspecified atom stereocenters. The van der Waals surface area contributed by atoms with Crippen LogP contribution in [0.5, 0.6) is 0 Å². The van der Waals surface area contributed by atoms with Gasteiger partial charge in [-0.15, -0.1) is 0 Å². The number of hydrogen-bond donors (Lipinski definition) is 1. The molecule has 5 heteroatoms. The van der Waals surface area contributed by atoms with Gasteiger partial charge < -0.3 is 15.0 Å². The van der Waals surface area contributed by atoms with E-state index in [-0.39, 0.29) is 12.1 Å². The zero-order valence-corrected chi connectivity index (χ0v) is 14.7. The fourth-order valence-corrected chi connectivity index (χ4v) is 3.57. The number of carbonyl (C=O) groups is 1. The number of likely N-dealkylation sites (tertiary alicyclic amines) is 2. The Kier molecular flexibility index (Phi) is 6.09. The predicted octanol–water partition coefficient (Wildman–Crippen LogP) is 2.46. The van der Waals surface area contributed by atoms with Crippen molar-refractivity contribution in [2.75, 3.05) is 32.7 Å². The maximum atomic E-state index is 12.3. The number of carbonyl (C=O) groups excluding carboxylic acids is 1. The summed E-state index contributed by atoms with van der Waals surface area (Å²) in [5.41, 5.74) is -0.414. The lowest BCUT2D eigenvalue weighted by molar-refractivity contribution is 0.0226. The molecule has 2 fully saturated rings. The Balaban J connectivity index is 1.75. The highest BCUT2D eigenvalue weighted by atomic mass is 16.6. The summed E-state index contributed by atoms with van der Waals surface area (Å²) in [5, 5.41) is 3.59. The van der Waals surface area contributed by atoms with Crippen LogP contribution in [0.4, 0.5) is 4.79 Å². The SMILES string of the molecule is CCN1CCCC1CNCC1CCCN1C(=O)OC(C)(C)C. The van der Waals surface area contributed by atoms with Crippen LogP contribution in [0.3, 0.4) is 0 Å². The molecule has 2 saturated heterocycles. The number of rotatable bonds is 5. The van der Waals surface area contributed by atoms with Gasteiger partial charge in [0.25, 0.3) is 0 Å². The molecule has 2 rings (SSSR count). The predicted molar refractivity (Wildman–Crippen MR) is 89.1 cm³/mol. The summed E-state index contributed by atoms with van der Waals surface area (Å²) in [4.78, 5) is 16.7. The van der Waals surface area contributed by atoms with Crippen LogP contribution < -0.4 is 5.32 Å². The highest BCUT2D eigenvalue weighted by molar-refractivity contribution is 5.69. The van der Waals surface area contributed by atoms with Crippen LogP contribution in [-0.4, -0.2) is 66.3 Å². The van der Waals surface area contributed by atoms with E-state index >= 15 is 0 Å². The number of likely N-dealkylation sites (N-methyl/N-ethyl adjacent to an activating group) is 1. The van der Waals surface area contributed by atoms with Crippen molar-refractivity contribution in [2.45, 2.75) is 71.1 Å². The zero-order chi connectivity index (χ0) is 16.2. The first kappa shape index (κ1) is 17.5. The molecule has 2 heterocycles.